The van der Waals surface area contributed by atoms with Crippen molar-refractivity contribution in [1.29, 1.82) is 0 Å². The van der Waals surface area contributed by atoms with Gasteiger partial charge in [-0.2, -0.15) is 0 Å². The van der Waals surface area contributed by atoms with Crippen LogP contribution in [0.5, 0.6) is 0 Å². The Morgan fingerprint density at radius 1 is 0.950 bits per heavy atom. The zero-order valence-corrected chi connectivity index (χ0v) is 11.3. The molecule has 0 fully saturated rings. The Kier molecular flexibility index (Phi) is 4.46. The number of sulfonamides is 1. The summed E-state index contributed by atoms with van der Waals surface area (Å²) in [5.74, 6) is -1.16. The van der Waals surface area contributed by atoms with E-state index < -0.39 is 21.7 Å². The van der Waals surface area contributed by atoms with E-state index in [0.29, 0.717) is 5.56 Å². The highest BCUT2D eigenvalue weighted by molar-refractivity contribution is 7.88. The van der Waals surface area contributed by atoms with Gasteiger partial charge in [-0.15, -0.1) is 0 Å². The summed E-state index contributed by atoms with van der Waals surface area (Å²) >= 11 is 0. The number of benzene rings is 2. The van der Waals surface area contributed by atoms with Gasteiger partial charge in [-0.1, -0.05) is 30.3 Å². The predicted molar refractivity (Wildman–Crippen MR) is 72.3 cm³/mol. The highest BCUT2D eigenvalue weighted by atomic mass is 32.2. The third-order valence-corrected chi connectivity index (χ3v) is 4.01. The summed E-state index contributed by atoms with van der Waals surface area (Å²) < 4.78 is 52.1. The normalized spacial score (nSPS) is 11.5. The largest absolute Gasteiger partial charge is 0.216 e. The molecule has 0 heterocycles. The Balaban J connectivity index is 2.01. The fourth-order valence-electron chi connectivity index (χ4n) is 1.68. The Bertz CT molecular complexity index is 685. The second-order valence-electron chi connectivity index (χ2n) is 4.30. The summed E-state index contributed by atoms with van der Waals surface area (Å²) in [5, 5.41) is 0. The summed E-state index contributed by atoms with van der Waals surface area (Å²) in [6.45, 7) is -0.115. The van der Waals surface area contributed by atoms with Gasteiger partial charge in [0.1, 0.15) is 11.6 Å². The van der Waals surface area contributed by atoms with E-state index in [1.807, 2.05) is 0 Å². The van der Waals surface area contributed by atoms with E-state index >= 15 is 0 Å². The molecule has 0 saturated heterocycles. The van der Waals surface area contributed by atoms with E-state index in [0.717, 1.165) is 0 Å². The minimum absolute atomic E-state index is 0.115. The molecule has 2 aromatic carbocycles. The van der Waals surface area contributed by atoms with Crippen molar-refractivity contribution in [2.24, 2.45) is 0 Å². The molecule has 0 aliphatic heterocycles. The van der Waals surface area contributed by atoms with Gasteiger partial charge in [0.15, 0.2) is 0 Å². The molecule has 0 spiro atoms. The van der Waals surface area contributed by atoms with E-state index in [1.54, 1.807) is 6.07 Å². The fraction of sp³-hybridized carbons (Fsp3) is 0.143. The number of rotatable bonds is 5. The van der Waals surface area contributed by atoms with E-state index in [-0.39, 0.29) is 17.9 Å². The Morgan fingerprint density at radius 2 is 1.60 bits per heavy atom. The summed E-state index contributed by atoms with van der Waals surface area (Å²) in [6, 6.07) is 11.1. The van der Waals surface area contributed by atoms with Gasteiger partial charge < -0.3 is 0 Å². The van der Waals surface area contributed by atoms with Gasteiger partial charge >= 0.3 is 0 Å². The summed E-state index contributed by atoms with van der Waals surface area (Å²) in [5.41, 5.74) is 0.739. The van der Waals surface area contributed by atoms with Gasteiger partial charge in [0, 0.05) is 12.1 Å². The maximum atomic E-state index is 13.4. The van der Waals surface area contributed by atoms with Crippen LogP contribution >= 0.6 is 0 Å². The zero-order valence-electron chi connectivity index (χ0n) is 10.5. The maximum Gasteiger partial charge on any atom is 0.216 e. The van der Waals surface area contributed by atoms with Gasteiger partial charge in [0.25, 0.3) is 0 Å². The third-order valence-electron chi connectivity index (χ3n) is 2.71. The summed E-state index contributed by atoms with van der Waals surface area (Å²) in [4.78, 5) is 0. The van der Waals surface area contributed by atoms with Crippen LogP contribution in [-0.2, 0) is 22.3 Å². The number of halogens is 2. The second kappa shape index (κ2) is 6.11. The maximum absolute atomic E-state index is 13.4. The predicted octanol–water partition coefficient (Wildman–Crippen LogP) is 2.58. The minimum atomic E-state index is -3.60. The van der Waals surface area contributed by atoms with Crippen LogP contribution in [0.15, 0.2) is 48.5 Å². The number of hydrogen-bond acceptors (Lipinski definition) is 2. The molecule has 0 aliphatic rings. The molecule has 0 radical (unpaired) electrons. The molecule has 2 rings (SSSR count). The molecule has 20 heavy (non-hydrogen) atoms. The Morgan fingerprint density at radius 3 is 2.25 bits per heavy atom. The van der Waals surface area contributed by atoms with Crippen LogP contribution in [0.2, 0.25) is 0 Å². The topological polar surface area (TPSA) is 46.2 Å². The van der Waals surface area contributed by atoms with Crippen molar-refractivity contribution < 1.29 is 17.2 Å². The van der Waals surface area contributed by atoms with E-state index in [9.17, 15) is 17.2 Å². The lowest BCUT2D eigenvalue weighted by Crippen LogP contribution is -2.25. The van der Waals surface area contributed by atoms with Gasteiger partial charge in [-0.3, -0.25) is 0 Å². The standard InChI is InChI=1S/C14H13F2NO2S/c15-13-7-5-11(6-8-13)10-20(18,19)17-9-12-3-1-2-4-14(12)16/h1-8,17H,9-10H2. The van der Waals surface area contributed by atoms with Crippen LogP contribution in [0.25, 0.3) is 0 Å². The quantitative estimate of drug-likeness (QED) is 0.922. The monoisotopic (exact) mass is 297 g/mol. The number of nitrogens with one attached hydrogen (secondary N) is 1. The van der Waals surface area contributed by atoms with Gasteiger partial charge in [0.05, 0.1) is 5.75 Å². The molecule has 3 nitrogen and oxygen atoms in total. The Labute approximate surface area is 116 Å². The highest BCUT2D eigenvalue weighted by Gasteiger charge is 2.12. The fourth-order valence-corrected chi connectivity index (χ4v) is 2.79. The van der Waals surface area contributed by atoms with Crippen LogP contribution in [-0.4, -0.2) is 8.42 Å². The van der Waals surface area contributed by atoms with Crippen molar-refractivity contribution in [1.82, 2.24) is 4.72 Å². The average molecular weight is 297 g/mol. The minimum Gasteiger partial charge on any atom is -0.212 e. The lowest BCUT2D eigenvalue weighted by atomic mass is 10.2. The summed E-state index contributed by atoms with van der Waals surface area (Å²) in [6.07, 6.45) is 0. The first-order valence-electron chi connectivity index (χ1n) is 5.91. The molecule has 2 aromatic rings. The van der Waals surface area contributed by atoms with E-state index in [4.69, 9.17) is 0 Å². The molecule has 1 N–H and O–H groups in total. The molecule has 0 aliphatic carbocycles. The molecular formula is C14H13F2NO2S. The van der Waals surface area contributed by atoms with Crippen LogP contribution in [0.1, 0.15) is 11.1 Å². The van der Waals surface area contributed by atoms with Crippen molar-refractivity contribution in [2.45, 2.75) is 12.3 Å². The highest BCUT2D eigenvalue weighted by Crippen LogP contribution is 2.09. The van der Waals surface area contributed by atoms with Gasteiger partial charge in [-0.05, 0) is 23.8 Å². The molecule has 0 unspecified atom stereocenters. The average Bonchev–Trinajstić information content (AvgIpc) is 2.40. The van der Waals surface area contributed by atoms with Crippen molar-refractivity contribution in [2.75, 3.05) is 0 Å². The van der Waals surface area contributed by atoms with Crippen molar-refractivity contribution in [3.8, 4) is 0 Å². The second-order valence-corrected chi connectivity index (χ2v) is 6.10. The number of hydrogen-bond donors (Lipinski definition) is 1. The van der Waals surface area contributed by atoms with E-state index in [2.05, 4.69) is 4.72 Å². The molecule has 0 aromatic heterocycles. The lowest BCUT2D eigenvalue weighted by Gasteiger charge is -2.07. The van der Waals surface area contributed by atoms with E-state index in [1.165, 1.54) is 42.5 Å². The first-order chi connectivity index (χ1) is 9.46. The first kappa shape index (κ1) is 14.6. The van der Waals surface area contributed by atoms with Crippen molar-refractivity contribution in [3.63, 3.8) is 0 Å². The molecule has 0 saturated carbocycles. The molecular weight excluding hydrogens is 284 g/mol. The summed E-state index contributed by atoms with van der Waals surface area (Å²) in [7, 11) is -3.60. The molecule has 0 bridgehead atoms. The Hall–Kier alpha value is -1.79. The van der Waals surface area contributed by atoms with Crippen molar-refractivity contribution in [3.05, 3.63) is 71.3 Å². The third kappa shape index (κ3) is 4.11. The van der Waals surface area contributed by atoms with Crippen LogP contribution < -0.4 is 4.72 Å². The smallest absolute Gasteiger partial charge is 0.212 e. The first-order valence-corrected chi connectivity index (χ1v) is 7.57. The van der Waals surface area contributed by atoms with Crippen LogP contribution in [0.3, 0.4) is 0 Å². The lowest BCUT2D eigenvalue weighted by molar-refractivity contribution is 0.573. The molecule has 0 amide bonds. The SMILES string of the molecule is O=S(=O)(Cc1ccc(F)cc1)NCc1ccccc1F. The van der Waals surface area contributed by atoms with Crippen LogP contribution in [0, 0.1) is 11.6 Å². The zero-order chi connectivity index (χ0) is 14.6. The molecule has 0 atom stereocenters. The van der Waals surface area contributed by atoms with Gasteiger partial charge in [0.2, 0.25) is 10.0 Å². The van der Waals surface area contributed by atoms with Crippen LogP contribution in [0.4, 0.5) is 8.78 Å². The van der Waals surface area contributed by atoms with Gasteiger partial charge in [-0.25, -0.2) is 21.9 Å². The molecule has 6 heteroatoms. The molecule has 106 valence electrons. The van der Waals surface area contributed by atoms with Crippen molar-refractivity contribution >= 4 is 10.0 Å².